The molecule has 88 valence electrons. The number of alkyl halides is 2. The lowest BCUT2D eigenvalue weighted by atomic mass is 10.1. The molecular formula is C8H7Br2NO4S. The van der Waals surface area contributed by atoms with Crippen LogP contribution in [0.4, 0.5) is 5.69 Å². The monoisotopic (exact) mass is 371 g/mol. The summed E-state index contributed by atoms with van der Waals surface area (Å²) in [6.45, 7) is 0. The highest BCUT2D eigenvalue weighted by Gasteiger charge is 2.30. The minimum Gasteiger partial charge on any atom is -0.304 e. The molecule has 1 aromatic rings. The summed E-state index contributed by atoms with van der Waals surface area (Å²) in [6, 6.07) is 5.79. The lowest BCUT2D eigenvalue weighted by Gasteiger charge is -2.15. The van der Waals surface area contributed by atoms with Gasteiger partial charge in [-0.25, -0.2) is 4.21 Å². The number of benzene rings is 1. The van der Waals surface area contributed by atoms with Crippen LogP contribution in [0.1, 0.15) is 5.56 Å². The van der Waals surface area contributed by atoms with Gasteiger partial charge >= 0.3 is 0 Å². The molecule has 1 rings (SSSR count). The first kappa shape index (κ1) is 13.8. The Bertz CT molecular complexity index is 421. The van der Waals surface area contributed by atoms with E-state index in [2.05, 4.69) is 31.9 Å². The van der Waals surface area contributed by atoms with Gasteiger partial charge in [0.05, 0.1) is 4.92 Å². The van der Waals surface area contributed by atoms with Gasteiger partial charge in [0.2, 0.25) is 0 Å². The molecule has 0 radical (unpaired) electrons. The largest absolute Gasteiger partial charge is 0.304 e. The molecule has 5 nitrogen and oxygen atoms in total. The minimum absolute atomic E-state index is 0.0105. The molecule has 0 fully saturated rings. The van der Waals surface area contributed by atoms with Crippen LogP contribution in [-0.2, 0) is 17.5 Å². The van der Waals surface area contributed by atoms with Gasteiger partial charge < -0.3 is 4.55 Å². The summed E-state index contributed by atoms with van der Waals surface area (Å²) in [5.41, 5.74) is 0.699. The molecule has 0 saturated carbocycles. The van der Waals surface area contributed by atoms with E-state index in [1.165, 1.54) is 12.1 Å². The van der Waals surface area contributed by atoms with Crippen LogP contribution in [0.3, 0.4) is 0 Å². The zero-order valence-corrected chi connectivity index (χ0v) is 11.8. The molecule has 1 unspecified atom stereocenters. The van der Waals surface area contributed by atoms with Gasteiger partial charge in [-0.1, -0.05) is 44.0 Å². The summed E-state index contributed by atoms with van der Waals surface area (Å²) < 4.78 is 18.7. The normalized spacial score (nSPS) is 13.4. The highest BCUT2D eigenvalue weighted by Crippen LogP contribution is 2.33. The van der Waals surface area contributed by atoms with E-state index in [0.29, 0.717) is 5.56 Å². The first-order valence-corrected chi connectivity index (χ1v) is 6.74. The Labute approximate surface area is 111 Å². The van der Waals surface area contributed by atoms with Gasteiger partial charge in [-0.3, -0.25) is 10.1 Å². The highest BCUT2D eigenvalue weighted by atomic mass is 79.9. The minimum atomic E-state index is -2.09. The standard InChI is InChI=1S/C8H7Br2NO4S/c9-8(10,16(14)15)5-6-1-3-7(4-2-6)11(12)13/h1-4H,5H2,(H,14,15). The second-order valence-electron chi connectivity index (χ2n) is 2.99. The average molecular weight is 373 g/mol. The first-order valence-electron chi connectivity index (χ1n) is 4.05. The molecule has 0 heterocycles. The molecule has 0 aromatic heterocycles. The Morgan fingerprint density at radius 3 is 2.25 bits per heavy atom. The number of rotatable bonds is 4. The van der Waals surface area contributed by atoms with Crippen LogP contribution < -0.4 is 0 Å². The lowest BCUT2D eigenvalue weighted by Crippen LogP contribution is -2.21. The number of nitrogens with zero attached hydrogens (tertiary/aromatic N) is 1. The number of nitro groups is 1. The summed E-state index contributed by atoms with van der Waals surface area (Å²) in [5.74, 6) is 0. The third-order valence-corrected chi connectivity index (χ3v) is 4.69. The van der Waals surface area contributed by atoms with Gasteiger partial charge in [0.15, 0.2) is 13.6 Å². The van der Waals surface area contributed by atoms with Gasteiger partial charge in [0, 0.05) is 18.6 Å². The van der Waals surface area contributed by atoms with Gasteiger partial charge in [-0.05, 0) is 5.56 Å². The molecule has 0 amide bonds. The summed E-state index contributed by atoms with van der Waals surface area (Å²) in [4.78, 5) is 9.91. The van der Waals surface area contributed by atoms with Crippen molar-refractivity contribution in [2.75, 3.05) is 0 Å². The number of hydrogen-bond acceptors (Lipinski definition) is 3. The number of non-ortho nitro benzene ring substituents is 1. The first-order chi connectivity index (χ1) is 7.33. The molecule has 0 aliphatic carbocycles. The molecule has 8 heteroatoms. The molecule has 16 heavy (non-hydrogen) atoms. The lowest BCUT2D eigenvalue weighted by molar-refractivity contribution is -0.384. The van der Waals surface area contributed by atoms with Crippen molar-refractivity contribution in [3.63, 3.8) is 0 Å². The van der Waals surface area contributed by atoms with Crippen LogP contribution in [0, 0.1) is 10.1 Å². The maximum Gasteiger partial charge on any atom is 0.269 e. The van der Waals surface area contributed by atoms with E-state index in [1.54, 1.807) is 12.1 Å². The van der Waals surface area contributed by atoms with Crippen LogP contribution in [0.2, 0.25) is 0 Å². The van der Waals surface area contributed by atoms with E-state index in [0.717, 1.165) is 0 Å². The average Bonchev–Trinajstić information content (AvgIpc) is 2.17. The topological polar surface area (TPSA) is 80.4 Å². The van der Waals surface area contributed by atoms with Crippen molar-refractivity contribution in [3.05, 3.63) is 39.9 Å². The zero-order chi connectivity index (χ0) is 12.3. The number of halogens is 2. The fraction of sp³-hybridized carbons (Fsp3) is 0.250. The second-order valence-corrected chi connectivity index (χ2v) is 9.00. The third-order valence-electron chi connectivity index (χ3n) is 1.81. The molecule has 0 spiro atoms. The predicted octanol–water partition coefficient (Wildman–Crippen LogP) is 2.80. The SMILES string of the molecule is O=[N+]([O-])c1ccc(CC(Br)(Br)S(=O)O)cc1. The highest BCUT2D eigenvalue weighted by molar-refractivity contribution is 9.27. The van der Waals surface area contributed by atoms with Gasteiger partial charge in [0.1, 0.15) is 0 Å². The van der Waals surface area contributed by atoms with Crippen LogP contribution in [-0.4, -0.2) is 16.3 Å². The number of nitro benzene ring substituents is 1. The molecule has 0 aliphatic heterocycles. The maximum absolute atomic E-state index is 10.9. The van der Waals surface area contributed by atoms with Gasteiger partial charge in [0.25, 0.3) is 5.69 Å². The van der Waals surface area contributed by atoms with E-state index in [9.17, 15) is 14.3 Å². The quantitative estimate of drug-likeness (QED) is 0.381. The van der Waals surface area contributed by atoms with Crippen molar-refractivity contribution in [1.29, 1.82) is 0 Å². The molecule has 0 bridgehead atoms. The molecule has 0 aliphatic rings. The zero-order valence-electron chi connectivity index (χ0n) is 7.80. The molecule has 1 atom stereocenters. The second kappa shape index (κ2) is 5.35. The maximum atomic E-state index is 10.9. The summed E-state index contributed by atoms with van der Waals surface area (Å²) in [6.07, 6.45) is 0.230. The van der Waals surface area contributed by atoms with Crippen molar-refractivity contribution in [1.82, 2.24) is 0 Å². The summed E-state index contributed by atoms with van der Waals surface area (Å²) >= 11 is 4.04. The van der Waals surface area contributed by atoms with Crippen molar-refractivity contribution in [2.24, 2.45) is 0 Å². The summed E-state index contributed by atoms with van der Waals surface area (Å²) in [5, 5.41) is 10.4. The van der Waals surface area contributed by atoms with Crippen molar-refractivity contribution < 1.29 is 13.7 Å². The van der Waals surface area contributed by atoms with Crippen LogP contribution in [0.5, 0.6) is 0 Å². The van der Waals surface area contributed by atoms with E-state index in [-0.39, 0.29) is 12.1 Å². The van der Waals surface area contributed by atoms with Crippen LogP contribution in [0.15, 0.2) is 24.3 Å². The van der Waals surface area contributed by atoms with E-state index in [1.807, 2.05) is 0 Å². The Kier molecular flexibility index (Phi) is 4.60. The van der Waals surface area contributed by atoms with Crippen LogP contribution >= 0.6 is 31.9 Å². The molecule has 0 saturated heterocycles. The van der Waals surface area contributed by atoms with Crippen molar-refractivity contribution in [2.45, 2.75) is 8.99 Å². The fourth-order valence-electron chi connectivity index (χ4n) is 1.03. The van der Waals surface area contributed by atoms with E-state index < -0.39 is 18.6 Å². The van der Waals surface area contributed by atoms with Crippen molar-refractivity contribution >= 4 is 48.6 Å². The summed E-state index contributed by atoms with van der Waals surface area (Å²) in [7, 11) is 0. The predicted molar refractivity (Wildman–Crippen MR) is 68.2 cm³/mol. The smallest absolute Gasteiger partial charge is 0.269 e. The van der Waals surface area contributed by atoms with Gasteiger partial charge in [-0.2, -0.15) is 0 Å². The van der Waals surface area contributed by atoms with Gasteiger partial charge in [-0.15, -0.1) is 0 Å². The fourth-order valence-corrected chi connectivity index (χ4v) is 1.97. The number of hydrogen-bond donors (Lipinski definition) is 1. The van der Waals surface area contributed by atoms with Crippen LogP contribution in [0.25, 0.3) is 0 Å². The Morgan fingerprint density at radius 1 is 1.38 bits per heavy atom. The Hall–Kier alpha value is -0.310. The van der Waals surface area contributed by atoms with E-state index in [4.69, 9.17) is 4.55 Å². The molecular weight excluding hydrogens is 366 g/mol. The Morgan fingerprint density at radius 2 is 1.88 bits per heavy atom. The molecule has 1 N–H and O–H groups in total. The van der Waals surface area contributed by atoms with Crippen molar-refractivity contribution in [3.8, 4) is 0 Å². The third kappa shape index (κ3) is 3.62. The Balaban J connectivity index is 2.84. The van der Waals surface area contributed by atoms with E-state index >= 15 is 0 Å². The molecule has 1 aromatic carbocycles.